The number of aromatic nitrogens is 3. The molecular formula is C15H15N5OS. The van der Waals surface area contributed by atoms with Crippen LogP contribution >= 0.6 is 12.2 Å². The molecule has 22 heavy (non-hydrogen) atoms. The fourth-order valence-electron chi connectivity index (χ4n) is 2.38. The molecule has 0 amide bonds. The SMILES string of the molecule is COc1ccc(Cn2cc(C(N)=S)c3c(N)ncnc32)cc1. The molecule has 0 saturated carbocycles. The maximum Gasteiger partial charge on any atom is 0.146 e. The third-order valence-corrected chi connectivity index (χ3v) is 3.68. The van der Waals surface area contributed by atoms with Crippen LogP contribution in [0.5, 0.6) is 5.75 Å². The fraction of sp³-hybridized carbons (Fsp3) is 0.133. The molecule has 3 aromatic rings. The van der Waals surface area contributed by atoms with Crippen LogP contribution in [0, 0.1) is 0 Å². The van der Waals surface area contributed by atoms with Gasteiger partial charge in [0.1, 0.15) is 28.5 Å². The van der Waals surface area contributed by atoms with E-state index in [2.05, 4.69) is 9.97 Å². The Morgan fingerprint density at radius 3 is 2.64 bits per heavy atom. The second-order valence-corrected chi connectivity index (χ2v) is 5.28. The number of benzene rings is 1. The zero-order valence-electron chi connectivity index (χ0n) is 12.0. The smallest absolute Gasteiger partial charge is 0.146 e. The van der Waals surface area contributed by atoms with Crippen molar-refractivity contribution in [2.45, 2.75) is 6.54 Å². The van der Waals surface area contributed by atoms with Crippen LogP contribution in [0.25, 0.3) is 11.0 Å². The Labute approximate surface area is 132 Å². The lowest BCUT2D eigenvalue weighted by Crippen LogP contribution is -2.09. The molecule has 112 valence electrons. The average Bonchev–Trinajstić information content (AvgIpc) is 2.89. The number of hydrogen-bond acceptors (Lipinski definition) is 5. The van der Waals surface area contributed by atoms with Crippen molar-refractivity contribution in [2.24, 2.45) is 5.73 Å². The summed E-state index contributed by atoms with van der Waals surface area (Å²) in [7, 11) is 1.64. The van der Waals surface area contributed by atoms with E-state index in [0.29, 0.717) is 29.0 Å². The number of hydrogen-bond donors (Lipinski definition) is 2. The highest BCUT2D eigenvalue weighted by molar-refractivity contribution is 7.80. The van der Waals surface area contributed by atoms with Crippen molar-refractivity contribution >= 4 is 34.1 Å². The predicted octanol–water partition coefficient (Wildman–Crippen LogP) is 1.70. The molecule has 0 bridgehead atoms. The van der Waals surface area contributed by atoms with E-state index in [-0.39, 0.29) is 4.99 Å². The molecule has 7 heteroatoms. The zero-order chi connectivity index (χ0) is 15.7. The van der Waals surface area contributed by atoms with Gasteiger partial charge in [0.05, 0.1) is 12.5 Å². The summed E-state index contributed by atoms with van der Waals surface area (Å²) in [4.78, 5) is 8.60. The largest absolute Gasteiger partial charge is 0.497 e. The highest BCUT2D eigenvalue weighted by atomic mass is 32.1. The summed E-state index contributed by atoms with van der Waals surface area (Å²) in [6.45, 7) is 0.625. The van der Waals surface area contributed by atoms with Gasteiger partial charge in [-0.2, -0.15) is 0 Å². The Kier molecular flexibility index (Phi) is 3.64. The van der Waals surface area contributed by atoms with Crippen LogP contribution in [0.1, 0.15) is 11.1 Å². The topological polar surface area (TPSA) is 92.0 Å². The first-order chi connectivity index (χ1) is 10.6. The van der Waals surface area contributed by atoms with Crippen molar-refractivity contribution in [3.8, 4) is 5.75 Å². The van der Waals surface area contributed by atoms with Crippen LogP contribution < -0.4 is 16.2 Å². The molecule has 0 radical (unpaired) electrons. The van der Waals surface area contributed by atoms with Gasteiger partial charge in [-0.3, -0.25) is 0 Å². The second-order valence-electron chi connectivity index (χ2n) is 4.84. The van der Waals surface area contributed by atoms with Crippen LogP contribution in [0.3, 0.4) is 0 Å². The van der Waals surface area contributed by atoms with E-state index < -0.39 is 0 Å². The Morgan fingerprint density at radius 1 is 1.27 bits per heavy atom. The van der Waals surface area contributed by atoms with E-state index in [4.69, 9.17) is 28.4 Å². The van der Waals surface area contributed by atoms with Crippen LogP contribution in [-0.2, 0) is 6.54 Å². The molecule has 2 heterocycles. The number of anilines is 1. The number of rotatable bonds is 4. The maximum atomic E-state index is 5.94. The van der Waals surface area contributed by atoms with Crippen LogP contribution in [0.4, 0.5) is 5.82 Å². The van der Waals surface area contributed by atoms with E-state index in [1.54, 1.807) is 7.11 Å². The summed E-state index contributed by atoms with van der Waals surface area (Å²) < 4.78 is 7.13. The molecule has 0 saturated heterocycles. The molecule has 0 spiro atoms. The fourth-order valence-corrected chi connectivity index (χ4v) is 2.54. The highest BCUT2D eigenvalue weighted by Crippen LogP contribution is 2.25. The van der Waals surface area contributed by atoms with Gasteiger partial charge < -0.3 is 20.8 Å². The third-order valence-electron chi connectivity index (χ3n) is 3.46. The molecule has 0 fully saturated rings. The van der Waals surface area contributed by atoms with Gasteiger partial charge >= 0.3 is 0 Å². The van der Waals surface area contributed by atoms with Crippen molar-refractivity contribution in [3.63, 3.8) is 0 Å². The summed E-state index contributed by atoms with van der Waals surface area (Å²) in [5.74, 6) is 1.19. The minimum Gasteiger partial charge on any atom is -0.497 e. The average molecular weight is 313 g/mol. The number of ether oxygens (including phenoxy) is 1. The van der Waals surface area contributed by atoms with Crippen LogP contribution in [-0.4, -0.2) is 26.6 Å². The summed E-state index contributed by atoms with van der Waals surface area (Å²) in [6, 6.07) is 7.82. The molecule has 0 atom stereocenters. The first kappa shape index (κ1) is 14.3. The first-order valence-corrected chi connectivity index (χ1v) is 7.03. The minimum absolute atomic E-state index is 0.278. The van der Waals surface area contributed by atoms with Crippen molar-refractivity contribution < 1.29 is 4.74 Å². The molecule has 4 N–H and O–H groups in total. The van der Waals surface area contributed by atoms with E-state index in [1.165, 1.54) is 6.33 Å². The van der Waals surface area contributed by atoms with E-state index in [9.17, 15) is 0 Å². The summed E-state index contributed by atoms with van der Waals surface area (Å²) in [5, 5.41) is 0.698. The summed E-state index contributed by atoms with van der Waals surface area (Å²) in [5.41, 5.74) is 14.2. The lowest BCUT2D eigenvalue weighted by Gasteiger charge is -2.06. The van der Waals surface area contributed by atoms with E-state index in [0.717, 1.165) is 11.3 Å². The highest BCUT2D eigenvalue weighted by Gasteiger charge is 2.15. The molecule has 3 rings (SSSR count). The molecule has 1 aromatic carbocycles. The lowest BCUT2D eigenvalue weighted by atomic mass is 10.2. The Bertz CT molecular complexity index is 841. The summed E-state index contributed by atoms with van der Waals surface area (Å²) in [6.07, 6.45) is 3.30. The van der Waals surface area contributed by atoms with Gasteiger partial charge in [0, 0.05) is 18.3 Å². The monoisotopic (exact) mass is 313 g/mol. The van der Waals surface area contributed by atoms with E-state index in [1.807, 2.05) is 35.0 Å². The predicted molar refractivity (Wildman–Crippen MR) is 89.9 cm³/mol. The number of nitrogens with two attached hydrogens (primary N) is 2. The Hall–Kier alpha value is -2.67. The number of nitrogens with zero attached hydrogens (tertiary/aromatic N) is 3. The van der Waals surface area contributed by atoms with Crippen molar-refractivity contribution in [1.82, 2.24) is 14.5 Å². The van der Waals surface area contributed by atoms with Crippen LogP contribution in [0.15, 0.2) is 36.8 Å². The van der Waals surface area contributed by atoms with Crippen molar-refractivity contribution in [3.05, 3.63) is 47.9 Å². The molecular weight excluding hydrogens is 298 g/mol. The second kappa shape index (κ2) is 5.61. The normalized spacial score (nSPS) is 10.8. The quantitative estimate of drug-likeness (QED) is 0.712. The van der Waals surface area contributed by atoms with Gasteiger partial charge in [0.25, 0.3) is 0 Å². The number of methoxy groups -OCH3 is 1. The standard InChI is InChI=1S/C15H15N5OS/c1-21-10-4-2-9(3-5-10)6-20-7-11(14(17)22)12-13(16)18-8-19-15(12)20/h2-5,7-8H,6H2,1H3,(H2,17,22)(H2,16,18,19). The zero-order valence-corrected chi connectivity index (χ0v) is 12.8. The Morgan fingerprint density at radius 2 is 2.00 bits per heavy atom. The maximum absolute atomic E-state index is 5.94. The molecule has 6 nitrogen and oxygen atoms in total. The Balaban J connectivity index is 2.06. The third kappa shape index (κ3) is 2.46. The first-order valence-electron chi connectivity index (χ1n) is 6.62. The van der Waals surface area contributed by atoms with Gasteiger partial charge in [-0.25, -0.2) is 9.97 Å². The molecule has 0 aliphatic heterocycles. The van der Waals surface area contributed by atoms with Crippen LogP contribution in [0.2, 0.25) is 0 Å². The summed E-state index contributed by atoms with van der Waals surface area (Å²) >= 11 is 5.10. The lowest BCUT2D eigenvalue weighted by molar-refractivity contribution is 0.414. The van der Waals surface area contributed by atoms with Crippen molar-refractivity contribution in [1.29, 1.82) is 0 Å². The van der Waals surface area contributed by atoms with Gasteiger partial charge in [0.2, 0.25) is 0 Å². The van der Waals surface area contributed by atoms with Gasteiger partial charge in [-0.1, -0.05) is 24.4 Å². The molecule has 0 unspecified atom stereocenters. The van der Waals surface area contributed by atoms with Gasteiger partial charge in [0.15, 0.2) is 0 Å². The molecule has 0 aliphatic rings. The minimum atomic E-state index is 0.278. The number of thiocarbonyl (C=S) groups is 1. The van der Waals surface area contributed by atoms with Gasteiger partial charge in [-0.15, -0.1) is 0 Å². The van der Waals surface area contributed by atoms with Crippen molar-refractivity contribution in [2.75, 3.05) is 12.8 Å². The van der Waals surface area contributed by atoms with Gasteiger partial charge in [-0.05, 0) is 17.7 Å². The molecule has 0 aliphatic carbocycles. The number of nitrogen functional groups attached to an aromatic ring is 1. The number of fused-ring (bicyclic) bond motifs is 1. The van der Waals surface area contributed by atoms with E-state index >= 15 is 0 Å². The molecule has 2 aromatic heterocycles.